The lowest BCUT2D eigenvalue weighted by atomic mass is 10.1. The summed E-state index contributed by atoms with van der Waals surface area (Å²) in [6.07, 6.45) is 0. The Kier molecular flexibility index (Phi) is 4.77. The molecule has 2 aromatic carbocycles. The highest BCUT2D eigenvalue weighted by atomic mass is 19.1. The molecule has 1 atom stereocenters. The first kappa shape index (κ1) is 14.8. The molecular formula is C16H16FNO3. The Morgan fingerprint density at radius 3 is 2.52 bits per heavy atom. The minimum Gasteiger partial charge on any atom is -0.508 e. The second kappa shape index (κ2) is 6.74. The van der Waals surface area contributed by atoms with Gasteiger partial charge in [-0.1, -0.05) is 18.2 Å². The predicted molar refractivity (Wildman–Crippen MR) is 77.5 cm³/mol. The molecule has 0 fully saturated rings. The molecule has 0 aliphatic heterocycles. The van der Waals surface area contributed by atoms with Crippen LogP contribution in [0, 0.1) is 5.82 Å². The molecule has 110 valence electrons. The van der Waals surface area contributed by atoms with E-state index in [4.69, 9.17) is 4.74 Å². The summed E-state index contributed by atoms with van der Waals surface area (Å²) in [5.41, 5.74) is 0.956. The number of aromatic hydroxyl groups is 1. The Bertz CT molecular complexity index is 613. The maximum Gasteiger partial charge on any atom is 0.333 e. The first-order chi connectivity index (χ1) is 10.1. The van der Waals surface area contributed by atoms with E-state index < -0.39 is 12.0 Å². The van der Waals surface area contributed by atoms with E-state index in [-0.39, 0.29) is 18.2 Å². The van der Waals surface area contributed by atoms with E-state index in [1.165, 1.54) is 30.3 Å². The van der Waals surface area contributed by atoms with Crippen molar-refractivity contribution in [2.24, 2.45) is 0 Å². The number of benzene rings is 2. The van der Waals surface area contributed by atoms with E-state index in [1.807, 2.05) is 0 Å². The summed E-state index contributed by atoms with van der Waals surface area (Å²) in [4.78, 5) is 12.1. The van der Waals surface area contributed by atoms with E-state index in [2.05, 4.69) is 5.32 Å². The third kappa shape index (κ3) is 3.72. The summed E-state index contributed by atoms with van der Waals surface area (Å²) in [7, 11) is 0. The van der Waals surface area contributed by atoms with Gasteiger partial charge in [-0.25, -0.2) is 9.18 Å². The largest absolute Gasteiger partial charge is 0.508 e. The first-order valence-electron chi connectivity index (χ1n) is 6.58. The summed E-state index contributed by atoms with van der Waals surface area (Å²) in [5, 5.41) is 12.9. The van der Waals surface area contributed by atoms with Gasteiger partial charge in [0.15, 0.2) is 6.04 Å². The van der Waals surface area contributed by atoms with Crippen molar-refractivity contribution in [3.05, 3.63) is 59.9 Å². The van der Waals surface area contributed by atoms with Crippen molar-refractivity contribution in [2.45, 2.75) is 13.0 Å². The normalized spacial score (nSPS) is 11.7. The van der Waals surface area contributed by atoms with Gasteiger partial charge in [-0.05, 0) is 37.3 Å². The highest BCUT2D eigenvalue weighted by Gasteiger charge is 2.24. The Morgan fingerprint density at radius 2 is 1.90 bits per heavy atom. The van der Waals surface area contributed by atoms with Gasteiger partial charge in [0.2, 0.25) is 0 Å². The topological polar surface area (TPSA) is 58.6 Å². The Balaban J connectivity index is 2.30. The molecule has 21 heavy (non-hydrogen) atoms. The fourth-order valence-corrected chi connectivity index (χ4v) is 1.93. The number of hydrogen-bond donors (Lipinski definition) is 2. The van der Waals surface area contributed by atoms with Crippen molar-refractivity contribution < 1.29 is 19.0 Å². The first-order valence-corrected chi connectivity index (χ1v) is 6.58. The minimum atomic E-state index is -0.864. The third-order valence-electron chi connectivity index (χ3n) is 2.93. The second-order valence-corrected chi connectivity index (χ2v) is 4.40. The van der Waals surface area contributed by atoms with Gasteiger partial charge in [0.1, 0.15) is 11.6 Å². The molecule has 0 aromatic heterocycles. The van der Waals surface area contributed by atoms with Gasteiger partial charge in [-0.3, -0.25) is 0 Å². The summed E-state index contributed by atoms with van der Waals surface area (Å²) in [6, 6.07) is 11.2. The Labute approximate surface area is 122 Å². The zero-order valence-electron chi connectivity index (χ0n) is 11.5. The molecule has 5 heteroatoms. The van der Waals surface area contributed by atoms with Crippen molar-refractivity contribution in [3.8, 4) is 5.75 Å². The zero-order valence-corrected chi connectivity index (χ0v) is 11.5. The van der Waals surface area contributed by atoms with Gasteiger partial charge in [0, 0.05) is 11.3 Å². The average Bonchev–Trinajstić information content (AvgIpc) is 2.48. The molecule has 0 saturated heterocycles. The molecule has 0 radical (unpaired) electrons. The smallest absolute Gasteiger partial charge is 0.333 e. The van der Waals surface area contributed by atoms with Crippen LogP contribution >= 0.6 is 0 Å². The lowest BCUT2D eigenvalue weighted by Gasteiger charge is -2.19. The van der Waals surface area contributed by atoms with Crippen LogP contribution < -0.4 is 5.32 Å². The molecule has 0 spiro atoms. The maximum atomic E-state index is 12.9. The van der Waals surface area contributed by atoms with Crippen LogP contribution in [0.15, 0.2) is 48.5 Å². The molecule has 0 amide bonds. The van der Waals surface area contributed by atoms with Crippen molar-refractivity contribution in [3.63, 3.8) is 0 Å². The van der Waals surface area contributed by atoms with Crippen LogP contribution in [0.4, 0.5) is 10.1 Å². The van der Waals surface area contributed by atoms with Crippen LogP contribution in [-0.4, -0.2) is 17.7 Å². The summed E-state index contributed by atoms with van der Waals surface area (Å²) >= 11 is 0. The third-order valence-corrected chi connectivity index (χ3v) is 2.93. The van der Waals surface area contributed by atoms with Crippen molar-refractivity contribution in [1.82, 2.24) is 0 Å². The maximum absolute atomic E-state index is 12.9. The van der Waals surface area contributed by atoms with E-state index >= 15 is 0 Å². The number of rotatable bonds is 5. The van der Waals surface area contributed by atoms with Gasteiger partial charge in [-0.2, -0.15) is 0 Å². The summed E-state index contributed by atoms with van der Waals surface area (Å²) in [6.45, 7) is 1.94. The highest BCUT2D eigenvalue weighted by molar-refractivity contribution is 5.82. The second-order valence-electron chi connectivity index (χ2n) is 4.40. The van der Waals surface area contributed by atoms with Gasteiger partial charge >= 0.3 is 5.97 Å². The number of carbonyl (C=O) groups is 1. The number of phenolic OH excluding ortho intramolecular Hbond substituents is 1. The number of phenols is 1. The van der Waals surface area contributed by atoms with Crippen LogP contribution in [0.5, 0.6) is 5.75 Å². The van der Waals surface area contributed by atoms with Gasteiger partial charge in [0.05, 0.1) is 6.61 Å². The number of carbonyl (C=O) groups excluding carboxylic acids is 1. The molecule has 2 rings (SSSR count). The standard InChI is InChI=1S/C16H16FNO3/c1-2-21-16(20)15(13-5-3-4-6-14(13)19)18-12-9-7-11(17)8-10-12/h3-10,15,18-19H,2H2,1H3. The number of nitrogens with one attached hydrogen (secondary N) is 1. The SMILES string of the molecule is CCOC(=O)C(Nc1ccc(F)cc1)c1ccccc1O. The zero-order chi connectivity index (χ0) is 15.2. The van der Waals surface area contributed by atoms with Crippen LogP contribution in [0.3, 0.4) is 0 Å². The number of hydrogen-bond acceptors (Lipinski definition) is 4. The number of halogens is 1. The van der Waals surface area contributed by atoms with Crippen molar-refractivity contribution in [1.29, 1.82) is 0 Å². The highest BCUT2D eigenvalue weighted by Crippen LogP contribution is 2.28. The average molecular weight is 289 g/mol. The lowest BCUT2D eigenvalue weighted by molar-refractivity contribution is -0.144. The predicted octanol–water partition coefficient (Wildman–Crippen LogP) is 3.25. The lowest BCUT2D eigenvalue weighted by Crippen LogP contribution is -2.23. The molecular weight excluding hydrogens is 273 g/mol. The van der Waals surface area contributed by atoms with Crippen LogP contribution in [0.25, 0.3) is 0 Å². The van der Waals surface area contributed by atoms with Crippen molar-refractivity contribution >= 4 is 11.7 Å². The van der Waals surface area contributed by atoms with E-state index in [9.17, 15) is 14.3 Å². The quantitative estimate of drug-likeness (QED) is 0.830. The molecule has 0 bridgehead atoms. The van der Waals surface area contributed by atoms with E-state index in [0.29, 0.717) is 11.3 Å². The molecule has 1 unspecified atom stereocenters. The summed E-state index contributed by atoms with van der Waals surface area (Å²) < 4.78 is 18.0. The molecule has 4 nitrogen and oxygen atoms in total. The van der Waals surface area contributed by atoms with Crippen LogP contribution in [-0.2, 0) is 9.53 Å². The Hall–Kier alpha value is -2.56. The van der Waals surface area contributed by atoms with E-state index in [1.54, 1.807) is 25.1 Å². The molecule has 0 heterocycles. The van der Waals surface area contributed by atoms with Crippen LogP contribution in [0.1, 0.15) is 18.5 Å². The molecule has 2 N–H and O–H groups in total. The fraction of sp³-hybridized carbons (Fsp3) is 0.188. The van der Waals surface area contributed by atoms with Crippen molar-refractivity contribution in [2.75, 3.05) is 11.9 Å². The van der Waals surface area contributed by atoms with Crippen LogP contribution in [0.2, 0.25) is 0 Å². The monoisotopic (exact) mass is 289 g/mol. The minimum absolute atomic E-state index is 0.00911. The van der Waals surface area contributed by atoms with Gasteiger partial charge < -0.3 is 15.2 Å². The fourth-order valence-electron chi connectivity index (χ4n) is 1.93. The number of anilines is 1. The van der Waals surface area contributed by atoms with Gasteiger partial charge in [0.25, 0.3) is 0 Å². The van der Waals surface area contributed by atoms with Gasteiger partial charge in [-0.15, -0.1) is 0 Å². The molecule has 2 aromatic rings. The molecule has 0 saturated carbocycles. The Morgan fingerprint density at radius 1 is 1.24 bits per heavy atom. The number of para-hydroxylation sites is 1. The summed E-state index contributed by atoms with van der Waals surface area (Å²) in [5.74, 6) is -0.885. The number of ether oxygens (including phenoxy) is 1. The molecule has 0 aliphatic carbocycles. The van der Waals surface area contributed by atoms with E-state index in [0.717, 1.165) is 0 Å². The molecule has 0 aliphatic rings. The number of esters is 1.